The zero-order chi connectivity index (χ0) is 13.6. The Morgan fingerprint density at radius 2 is 2.16 bits per heavy atom. The number of rotatable bonds is 2. The number of amides is 1. The maximum absolute atomic E-state index is 12.3. The molecule has 98 valence electrons. The predicted molar refractivity (Wildman–Crippen MR) is 70.6 cm³/mol. The quantitative estimate of drug-likeness (QED) is 0.851. The van der Waals surface area contributed by atoms with Gasteiger partial charge in [-0.1, -0.05) is 17.7 Å². The van der Waals surface area contributed by atoms with Gasteiger partial charge in [0.2, 0.25) is 0 Å². The number of halogens is 1. The number of nitrogens with zero attached hydrogens (tertiary/aromatic N) is 2. The van der Waals surface area contributed by atoms with Crippen LogP contribution in [-0.4, -0.2) is 23.6 Å². The van der Waals surface area contributed by atoms with Crippen molar-refractivity contribution in [3.8, 4) is 0 Å². The first-order chi connectivity index (χ1) is 9.01. The minimum Gasteiger partial charge on any atom is -0.268 e. The standard InChI is InChI=1S/C11H7ClN2O3S2/c12-9-3-1-2-8-10(9)19(16,17)14(11(8)15)4-7-5-18-6-13-7/h1-3,5-6H,4H2. The third-order valence-electron chi connectivity index (χ3n) is 2.76. The second-order valence-electron chi connectivity index (χ2n) is 3.91. The molecule has 2 heterocycles. The lowest BCUT2D eigenvalue weighted by molar-refractivity contribution is 0.0864. The van der Waals surface area contributed by atoms with Gasteiger partial charge in [0.25, 0.3) is 15.9 Å². The molecule has 0 atom stereocenters. The number of hydrogen-bond acceptors (Lipinski definition) is 5. The Morgan fingerprint density at radius 3 is 2.79 bits per heavy atom. The van der Waals surface area contributed by atoms with E-state index in [0.717, 1.165) is 4.31 Å². The monoisotopic (exact) mass is 314 g/mol. The van der Waals surface area contributed by atoms with Crippen LogP contribution in [0.5, 0.6) is 0 Å². The molecule has 0 fully saturated rings. The summed E-state index contributed by atoms with van der Waals surface area (Å²) in [6, 6.07) is 4.47. The third-order valence-corrected chi connectivity index (χ3v) is 5.65. The molecule has 1 aromatic heterocycles. The van der Waals surface area contributed by atoms with Gasteiger partial charge >= 0.3 is 0 Å². The van der Waals surface area contributed by atoms with Gasteiger partial charge in [0.1, 0.15) is 4.90 Å². The minimum absolute atomic E-state index is 0.0617. The van der Waals surface area contributed by atoms with Crippen molar-refractivity contribution in [2.75, 3.05) is 0 Å². The van der Waals surface area contributed by atoms with Gasteiger partial charge in [-0.25, -0.2) is 17.7 Å². The van der Waals surface area contributed by atoms with E-state index in [1.807, 2.05) is 0 Å². The highest BCUT2D eigenvalue weighted by Gasteiger charge is 2.42. The van der Waals surface area contributed by atoms with Crippen molar-refractivity contribution in [2.24, 2.45) is 0 Å². The topological polar surface area (TPSA) is 67.3 Å². The van der Waals surface area contributed by atoms with Gasteiger partial charge in [0, 0.05) is 5.38 Å². The van der Waals surface area contributed by atoms with Crippen LogP contribution in [0.15, 0.2) is 34.0 Å². The first kappa shape index (κ1) is 12.6. The van der Waals surface area contributed by atoms with Gasteiger partial charge in [-0.2, -0.15) is 0 Å². The third kappa shape index (κ3) is 1.85. The maximum atomic E-state index is 12.3. The van der Waals surface area contributed by atoms with Gasteiger partial charge in [-0.15, -0.1) is 11.3 Å². The molecule has 0 spiro atoms. The summed E-state index contributed by atoms with van der Waals surface area (Å²) in [5.41, 5.74) is 2.23. The zero-order valence-corrected chi connectivity index (χ0v) is 11.8. The van der Waals surface area contributed by atoms with Gasteiger partial charge in [-0.3, -0.25) is 4.79 Å². The lowest BCUT2D eigenvalue weighted by Crippen LogP contribution is -2.29. The number of aromatic nitrogens is 1. The van der Waals surface area contributed by atoms with Crippen molar-refractivity contribution in [2.45, 2.75) is 11.4 Å². The van der Waals surface area contributed by atoms with Crippen molar-refractivity contribution >= 4 is 38.9 Å². The molecule has 5 nitrogen and oxygen atoms in total. The molecule has 0 bridgehead atoms. The molecule has 0 saturated heterocycles. The lowest BCUT2D eigenvalue weighted by atomic mass is 10.2. The van der Waals surface area contributed by atoms with Crippen LogP contribution < -0.4 is 0 Å². The lowest BCUT2D eigenvalue weighted by Gasteiger charge is -2.13. The summed E-state index contributed by atoms with van der Waals surface area (Å²) in [7, 11) is -3.89. The average Bonchev–Trinajstić information content (AvgIpc) is 2.92. The van der Waals surface area contributed by atoms with E-state index in [-0.39, 0.29) is 22.0 Å². The van der Waals surface area contributed by atoms with Crippen LogP contribution in [0.3, 0.4) is 0 Å². The number of sulfonamides is 1. The molecule has 1 aliphatic rings. The van der Waals surface area contributed by atoms with Crippen molar-refractivity contribution in [1.29, 1.82) is 0 Å². The molecule has 1 aromatic carbocycles. The summed E-state index contributed by atoms with van der Waals surface area (Å²) < 4.78 is 25.5. The van der Waals surface area contributed by atoms with Crippen LogP contribution in [0.25, 0.3) is 0 Å². The molecule has 0 saturated carbocycles. The van der Waals surface area contributed by atoms with Gasteiger partial charge in [-0.05, 0) is 12.1 Å². The van der Waals surface area contributed by atoms with Crippen LogP contribution in [0, 0.1) is 0 Å². The van der Waals surface area contributed by atoms with Crippen molar-refractivity contribution in [3.63, 3.8) is 0 Å². The summed E-state index contributed by atoms with van der Waals surface area (Å²) in [5.74, 6) is -0.564. The van der Waals surface area contributed by atoms with Crippen molar-refractivity contribution in [1.82, 2.24) is 9.29 Å². The summed E-state index contributed by atoms with van der Waals surface area (Å²) >= 11 is 7.24. The molecular formula is C11H7ClN2O3S2. The summed E-state index contributed by atoms with van der Waals surface area (Å²) in [5, 5.41) is 1.76. The number of thiazole rings is 1. The van der Waals surface area contributed by atoms with E-state index < -0.39 is 15.9 Å². The molecule has 1 amide bonds. The highest BCUT2D eigenvalue weighted by molar-refractivity contribution is 7.90. The summed E-state index contributed by atoms with van der Waals surface area (Å²) in [6.45, 7) is -0.0737. The Balaban J connectivity index is 2.11. The molecule has 3 rings (SSSR count). The fourth-order valence-corrected chi connectivity index (χ4v) is 4.52. The highest BCUT2D eigenvalue weighted by atomic mass is 35.5. The van der Waals surface area contributed by atoms with E-state index in [0.29, 0.717) is 5.69 Å². The van der Waals surface area contributed by atoms with Crippen molar-refractivity contribution < 1.29 is 13.2 Å². The predicted octanol–water partition coefficient (Wildman–Crippen LogP) is 2.14. The molecule has 0 aliphatic carbocycles. The Labute approximate surface area is 118 Å². The Hall–Kier alpha value is -1.44. The first-order valence-electron chi connectivity index (χ1n) is 5.24. The highest BCUT2D eigenvalue weighted by Crippen LogP contribution is 2.36. The molecule has 19 heavy (non-hydrogen) atoms. The molecule has 0 radical (unpaired) electrons. The van der Waals surface area contributed by atoms with E-state index >= 15 is 0 Å². The molecular weight excluding hydrogens is 308 g/mol. The summed E-state index contributed by atoms with van der Waals surface area (Å²) in [6.07, 6.45) is 0. The number of benzene rings is 1. The van der Waals surface area contributed by atoms with E-state index in [9.17, 15) is 13.2 Å². The number of carbonyl (C=O) groups is 1. The van der Waals surface area contributed by atoms with Gasteiger partial charge in [0.15, 0.2) is 0 Å². The van der Waals surface area contributed by atoms with Crippen LogP contribution in [0.4, 0.5) is 0 Å². The van der Waals surface area contributed by atoms with Crippen molar-refractivity contribution in [3.05, 3.63) is 45.4 Å². The SMILES string of the molecule is O=C1c2cccc(Cl)c2S(=O)(=O)N1Cc1cscn1. The van der Waals surface area contributed by atoms with E-state index in [2.05, 4.69) is 4.98 Å². The molecule has 0 N–H and O–H groups in total. The number of fused-ring (bicyclic) bond motifs is 1. The fraction of sp³-hybridized carbons (Fsp3) is 0.0909. The molecule has 1 aliphatic heterocycles. The van der Waals surface area contributed by atoms with E-state index in [1.54, 1.807) is 17.0 Å². The van der Waals surface area contributed by atoms with Crippen LogP contribution in [0.2, 0.25) is 5.02 Å². The number of hydrogen-bond donors (Lipinski definition) is 0. The maximum Gasteiger partial charge on any atom is 0.269 e. The second kappa shape index (κ2) is 4.29. The molecule has 0 unspecified atom stereocenters. The number of carbonyl (C=O) groups excluding carboxylic acids is 1. The zero-order valence-electron chi connectivity index (χ0n) is 9.41. The largest absolute Gasteiger partial charge is 0.269 e. The minimum atomic E-state index is -3.89. The van der Waals surface area contributed by atoms with E-state index in [1.165, 1.54) is 23.5 Å². The average molecular weight is 315 g/mol. The summed E-state index contributed by atoms with van der Waals surface area (Å²) in [4.78, 5) is 16.0. The Kier molecular flexibility index (Phi) is 2.84. The van der Waals surface area contributed by atoms with E-state index in [4.69, 9.17) is 11.6 Å². The molecule has 8 heteroatoms. The Morgan fingerprint density at radius 1 is 1.37 bits per heavy atom. The van der Waals surface area contributed by atoms with Gasteiger partial charge in [0.05, 0.1) is 28.3 Å². The van der Waals surface area contributed by atoms with Crippen LogP contribution >= 0.6 is 22.9 Å². The van der Waals surface area contributed by atoms with Crippen LogP contribution in [-0.2, 0) is 16.6 Å². The van der Waals surface area contributed by atoms with Gasteiger partial charge < -0.3 is 0 Å². The second-order valence-corrected chi connectivity index (χ2v) is 6.84. The first-order valence-corrected chi connectivity index (χ1v) is 8.00. The normalized spacial score (nSPS) is 16.7. The Bertz CT molecular complexity index is 756. The fourth-order valence-electron chi connectivity index (χ4n) is 1.91. The van der Waals surface area contributed by atoms with Crippen LogP contribution in [0.1, 0.15) is 16.1 Å². The smallest absolute Gasteiger partial charge is 0.268 e. The molecule has 2 aromatic rings.